The summed E-state index contributed by atoms with van der Waals surface area (Å²) in [5, 5.41) is 15.2. The van der Waals surface area contributed by atoms with Gasteiger partial charge in [-0.15, -0.1) is 10.2 Å². The first kappa shape index (κ1) is 9.30. The first-order valence-corrected chi connectivity index (χ1v) is 5.68. The lowest BCUT2D eigenvalue weighted by molar-refractivity contribution is 0.372. The molecule has 1 atom stereocenters. The first-order chi connectivity index (χ1) is 7.38. The zero-order chi connectivity index (χ0) is 10.3. The lowest BCUT2D eigenvalue weighted by Crippen LogP contribution is -2.44. The Morgan fingerprint density at radius 3 is 3.07 bits per heavy atom. The van der Waals surface area contributed by atoms with E-state index in [4.69, 9.17) is 0 Å². The zero-order valence-electron chi connectivity index (χ0n) is 9.03. The SMILES string of the molecule is CNCC1Cn2c(nnc2C2CC2)CN1. The van der Waals surface area contributed by atoms with Crippen LogP contribution in [0.4, 0.5) is 0 Å². The fourth-order valence-corrected chi connectivity index (χ4v) is 2.23. The molecule has 1 unspecified atom stereocenters. The van der Waals surface area contributed by atoms with Crippen LogP contribution in [-0.4, -0.2) is 34.4 Å². The number of hydrogen-bond donors (Lipinski definition) is 2. The summed E-state index contributed by atoms with van der Waals surface area (Å²) in [6, 6.07) is 0.510. The van der Waals surface area contributed by atoms with Gasteiger partial charge in [0.25, 0.3) is 0 Å². The van der Waals surface area contributed by atoms with E-state index in [-0.39, 0.29) is 0 Å². The Hall–Kier alpha value is -0.940. The van der Waals surface area contributed by atoms with E-state index in [9.17, 15) is 0 Å². The average Bonchev–Trinajstić information content (AvgIpc) is 3.00. The van der Waals surface area contributed by atoms with E-state index in [1.54, 1.807) is 0 Å². The molecule has 0 aromatic carbocycles. The molecular weight excluding hydrogens is 190 g/mol. The molecule has 1 aromatic rings. The molecule has 3 rings (SSSR count). The third kappa shape index (κ3) is 1.66. The van der Waals surface area contributed by atoms with Gasteiger partial charge in [0.15, 0.2) is 0 Å². The highest BCUT2D eigenvalue weighted by Crippen LogP contribution is 2.39. The van der Waals surface area contributed by atoms with Crippen molar-refractivity contribution < 1.29 is 0 Å². The molecule has 1 aliphatic heterocycles. The molecule has 1 aliphatic carbocycles. The summed E-state index contributed by atoms with van der Waals surface area (Å²) in [5.74, 6) is 3.01. The van der Waals surface area contributed by atoms with E-state index in [1.807, 2.05) is 7.05 Å². The molecule has 5 nitrogen and oxygen atoms in total. The van der Waals surface area contributed by atoms with Crippen molar-refractivity contribution in [3.05, 3.63) is 11.6 Å². The minimum absolute atomic E-state index is 0.510. The van der Waals surface area contributed by atoms with Crippen LogP contribution in [0.1, 0.15) is 30.4 Å². The monoisotopic (exact) mass is 207 g/mol. The highest BCUT2D eigenvalue weighted by atomic mass is 15.3. The Bertz CT molecular complexity index is 355. The van der Waals surface area contributed by atoms with Crippen LogP contribution in [0.3, 0.4) is 0 Å². The minimum Gasteiger partial charge on any atom is -0.318 e. The molecule has 5 heteroatoms. The Balaban J connectivity index is 1.82. The molecule has 2 N–H and O–H groups in total. The van der Waals surface area contributed by atoms with E-state index in [0.717, 1.165) is 25.5 Å². The Labute approximate surface area is 89.3 Å². The van der Waals surface area contributed by atoms with Crippen molar-refractivity contribution >= 4 is 0 Å². The minimum atomic E-state index is 0.510. The average molecular weight is 207 g/mol. The molecule has 2 aliphatic rings. The van der Waals surface area contributed by atoms with Crippen molar-refractivity contribution in [2.45, 2.75) is 37.9 Å². The standard InChI is InChI=1S/C10H17N5/c1-11-4-8-6-15-9(5-12-8)13-14-10(15)7-2-3-7/h7-8,11-12H,2-6H2,1H3. The second kappa shape index (κ2) is 3.57. The van der Waals surface area contributed by atoms with E-state index in [1.165, 1.54) is 18.7 Å². The van der Waals surface area contributed by atoms with Gasteiger partial charge in [-0.05, 0) is 19.9 Å². The van der Waals surface area contributed by atoms with Crippen molar-refractivity contribution in [2.24, 2.45) is 0 Å². The van der Waals surface area contributed by atoms with Crippen LogP contribution in [0.2, 0.25) is 0 Å². The van der Waals surface area contributed by atoms with Gasteiger partial charge in [0, 0.05) is 25.0 Å². The summed E-state index contributed by atoms with van der Waals surface area (Å²) in [6.07, 6.45) is 2.59. The Morgan fingerprint density at radius 2 is 2.33 bits per heavy atom. The lowest BCUT2D eigenvalue weighted by Gasteiger charge is -2.25. The summed E-state index contributed by atoms with van der Waals surface area (Å²) >= 11 is 0. The summed E-state index contributed by atoms with van der Waals surface area (Å²) in [4.78, 5) is 0. The van der Waals surface area contributed by atoms with Gasteiger partial charge in [-0.1, -0.05) is 0 Å². The number of likely N-dealkylation sites (N-methyl/N-ethyl adjacent to an activating group) is 1. The Kier molecular flexibility index (Phi) is 2.21. The molecule has 2 heterocycles. The van der Waals surface area contributed by atoms with Crippen molar-refractivity contribution in [3.8, 4) is 0 Å². The highest BCUT2D eigenvalue weighted by Gasteiger charge is 2.32. The second-order valence-electron chi connectivity index (χ2n) is 4.49. The van der Waals surface area contributed by atoms with Gasteiger partial charge in [-0.3, -0.25) is 0 Å². The van der Waals surface area contributed by atoms with Gasteiger partial charge in [0.2, 0.25) is 0 Å². The van der Waals surface area contributed by atoms with Gasteiger partial charge in [0.05, 0.1) is 6.54 Å². The summed E-state index contributed by atoms with van der Waals surface area (Å²) in [7, 11) is 1.99. The van der Waals surface area contributed by atoms with E-state index < -0.39 is 0 Å². The van der Waals surface area contributed by atoms with E-state index in [0.29, 0.717) is 12.0 Å². The fourth-order valence-electron chi connectivity index (χ4n) is 2.23. The van der Waals surface area contributed by atoms with Crippen molar-refractivity contribution in [1.29, 1.82) is 0 Å². The van der Waals surface area contributed by atoms with Crippen LogP contribution >= 0.6 is 0 Å². The Morgan fingerprint density at radius 1 is 1.47 bits per heavy atom. The highest BCUT2D eigenvalue weighted by molar-refractivity contribution is 5.10. The van der Waals surface area contributed by atoms with Crippen LogP contribution in [0.25, 0.3) is 0 Å². The maximum atomic E-state index is 4.31. The fraction of sp³-hybridized carbons (Fsp3) is 0.800. The quantitative estimate of drug-likeness (QED) is 0.723. The second-order valence-corrected chi connectivity index (χ2v) is 4.49. The zero-order valence-corrected chi connectivity index (χ0v) is 9.03. The van der Waals surface area contributed by atoms with Crippen LogP contribution < -0.4 is 10.6 Å². The molecule has 0 radical (unpaired) electrons. The van der Waals surface area contributed by atoms with Gasteiger partial charge in [-0.2, -0.15) is 0 Å². The third-order valence-electron chi connectivity index (χ3n) is 3.20. The van der Waals surface area contributed by atoms with Gasteiger partial charge in [-0.25, -0.2) is 0 Å². The topological polar surface area (TPSA) is 54.8 Å². The maximum Gasteiger partial charge on any atom is 0.147 e. The summed E-state index contributed by atoms with van der Waals surface area (Å²) in [6.45, 7) is 2.86. The number of aromatic nitrogens is 3. The molecule has 1 aromatic heterocycles. The van der Waals surface area contributed by atoms with Gasteiger partial charge >= 0.3 is 0 Å². The van der Waals surface area contributed by atoms with E-state index in [2.05, 4.69) is 25.4 Å². The van der Waals surface area contributed by atoms with Crippen LogP contribution in [0, 0.1) is 0 Å². The number of nitrogens with one attached hydrogen (secondary N) is 2. The van der Waals surface area contributed by atoms with Crippen molar-refractivity contribution in [1.82, 2.24) is 25.4 Å². The van der Waals surface area contributed by atoms with Crippen molar-refractivity contribution in [3.63, 3.8) is 0 Å². The molecule has 0 spiro atoms. The van der Waals surface area contributed by atoms with Crippen LogP contribution in [-0.2, 0) is 13.1 Å². The van der Waals surface area contributed by atoms with Gasteiger partial charge in [0.1, 0.15) is 11.6 Å². The lowest BCUT2D eigenvalue weighted by atomic mass is 10.2. The maximum absolute atomic E-state index is 4.31. The van der Waals surface area contributed by atoms with Crippen LogP contribution in [0.15, 0.2) is 0 Å². The smallest absolute Gasteiger partial charge is 0.147 e. The molecule has 82 valence electrons. The molecule has 0 amide bonds. The molecular formula is C10H17N5. The first-order valence-electron chi connectivity index (χ1n) is 5.68. The number of hydrogen-bond acceptors (Lipinski definition) is 4. The molecule has 1 saturated carbocycles. The van der Waals surface area contributed by atoms with Crippen molar-refractivity contribution in [2.75, 3.05) is 13.6 Å². The largest absolute Gasteiger partial charge is 0.318 e. The number of rotatable bonds is 3. The predicted octanol–water partition coefficient (Wildman–Crippen LogP) is -0.153. The molecule has 15 heavy (non-hydrogen) atoms. The third-order valence-corrected chi connectivity index (χ3v) is 3.20. The molecule has 0 bridgehead atoms. The van der Waals surface area contributed by atoms with Gasteiger partial charge < -0.3 is 15.2 Å². The predicted molar refractivity (Wildman–Crippen MR) is 56.6 cm³/mol. The van der Waals surface area contributed by atoms with Crippen LogP contribution in [0.5, 0.6) is 0 Å². The summed E-state index contributed by atoms with van der Waals surface area (Å²) < 4.78 is 2.32. The molecule has 0 saturated heterocycles. The number of fused-ring (bicyclic) bond motifs is 1. The summed E-state index contributed by atoms with van der Waals surface area (Å²) in [5.41, 5.74) is 0. The normalized spacial score (nSPS) is 25.3. The van der Waals surface area contributed by atoms with E-state index >= 15 is 0 Å². The molecule has 1 fully saturated rings. The number of nitrogens with zero attached hydrogens (tertiary/aromatic N) is 3.